The highest BCUT2D eigenvalue weighted by Crippen LogP contribution is 2.38. The fraction of sp³-hybridized carbons (Fsp3) is 0.278. The van der Waals surface area contributed by atoms with Gasteiger partial charge in [-0.25, -0.2) is 14.2 Å². The molecule has 10 heteroatoms. The smallest absolute Gasteiger partial charge is 0.338 e. The molecule has 0 aliphatic carbocycles. The first-order valence-corrected chi connectivity index (χ1v) is 9.57. The number of thiazole rings is 1. The Kier molecular flexibility index (Phi) is 6.34. The molecule has 0 bridgehead atoms. The van der Waals surface area contributed by atoms with Gasteiger partial charge in [-0.2, -0.15) is 0 Å². The molecule has 0 radical (unpaired) electrons. The lowest BCUT2D eigenvalue weighted by Crippen LogP contribution is -2.49. The number of rotatable bonds is 4. The van der Waals surface area contributed by atoms with Gasteiger partial charge in [0.1, 0.15) is 11.9 Å². The number of halogens is 3. The summed E-state index contributed by atoms with van der Waals surface area (Å²) in [5.41, 5.74) is 1.67. The van der Waals surface area contributed by atoms with E-state index in [9.17, 15) is 9.18 Å². The van der Waals surface area contributed by atoms with Crippen LogP contribution >= 0.6 is 35.3 Å². The molecule has 4 rings (SSSR count). The second kappa shape index (κ2) is 8.57. The fourth-order valence-electron chi connectivity index (χ4n) is 3.11. The lowest BCUT2D eigenvalue weighted by Gasteiger charge is -2.35. The first kappa shape index (κ1) is 20.7. The van der Waals surface area contributed by atoms with E-state index in [1.165, 1.54) is 30.6 Å². The summed E-state index contributed by atoms with van der Waals surface area (Å²) in [5.74, 6) is -0.262. The zero-order valence-corrected chi connectivity index (χ0v) is 17.1. The van der Waals surface area contributed by atoms with Crippen LogP contribution in [0, 0.1) is 11.7 Å². The van der Waals surface area contributed by atoms with Crippen LogP contribution in [0.3, 0.4) is 0 Å². The molecule has 2 N–H and O–H groups in total. The van der Waals surface area contributed by atoms with Crippen molar-refractivity contribution in [2.75, 3.05) is 20.2 Å². The predicted molar refractivity (Wildman–Crippen MR) is 109 cm³/mol. The van der Waals surface area contributed by atoms with Crippen molar-refractivity contribution >= 4 is 47.1 Å². The Balaban J connectivity index is 0.00000225. The average molecular weight is 443 g/mol. The Morgan fingerprint density at radius 3 is 2.75 bits per heavy atom. The lowest BCUT2D eigenvalue weighted by atomic mass is 9.88. The first-order valence-electron chi connectivity index (χ1n) is 8.31. The van der Waals surface area contributed by atoms with E-state index in [1.54, 1.807) is 12.3 Å². The monoisotopic (exact) mass is 442 g/mol. The molecular formula is C18H17Cl2FN4O2S. The summed E-state index contributed by atoms with van der Waals surface area (Å²) in [7, 11) is 1.33. The van der Waals surface area contributed by atoms with Crippen molar-refractivity contribution in [1.82, 2.24) is 15.6 Å². The largest absolute Gasteiger partial charge is 0.466 e. The van der Waals surface area contributed by atoms with Crippen LogP contribution in [0.5, 0.6) is 0 Å². The molecule has 148 valence electrons. The summed E-state index contributed by atoms with van der Waals surface area (Å²) < 4.78 is 18.6. The number of amidine groups is 1. The third-order valence-corrected chi connectivity index (χ3v) is 5.67. The Morgan fingerprint density at radius 2 is 2.18 bits per heavy atom. The van der Waals surface area contributed by atoms with E-state index in [4.69, 9.17) is 21.3 Å². The molecule has 1 saturated heterocycles. The molecule has 2 aliphatic heterocycles. The number of hydrogen-bond acceptors (Lipinski definition) is 7. The number of ether oxygens (including phenoxy) is 1. The molecular weight excluding hydrogens is 426 g/mol. The van der Waals surface area contributed by atoms with Crippen LogP contribution in [-0.2, 0) is 9.53 Å². The Hall–Kier alpha value is -2.00. The predicted octanol–water partition coefficient (Wildman–Crippen LogP) is 3.10. The second-order valence-electron chi connectivity index (χ2n) is 6.18. The van der Waals surface area contributed by atoms with Gasteiger partial charge in [0.25, 0.3) is 0 Å². The molecule has 0 spiro atoms. The highest BCUT2D eigenvalue weighted by Gasteiger charge is 2.37. The van der Waals surface area contributed by atoms with Gasteiger partial charge in [-0.15, -0.1) is 23.7 Å². The second-order valence-corrected chi connectivity index (χ2v) is 7.48. The summed E-state index contributed by atoms with van der Waals surface area (Å²) >= 11 is 7.73. The van der Waals surface area contributed by atoms with E-state index in [1.807, 2.05) is 5.38 Å². The fourth-order valence-corrected chi connectivity index (χ4v) is 3.97. The summed E-state index contributed by atoms with van der Waals surface area (Å²) in [4.78, 5) is 21.6. The van der Waals surface area contributed by atoms with Crippen LogP contribution in [0.4, 0.5) is 4.39 Å². The summed E-state index contributed by atoms with van der Waals surface area (Å²) in [6.07, 6.45) is 1.69. The van der Waals surface area contributed by atoms with E-state index < -0.39 is 17.8 Å². The number of carbonyl (C=O) groups excluding carboxylic acids is 1. The van der Waals surface area contributed by atoms with Gasteiger partial charge in [-0.1, -0.05) is 17.7 Å². The normalized spacial score (nSPS) is 19.2. The topological polar surface area (TPSA) is 75.6 Å². The number of aromatic nitrogens is 1. The Labute approximate surface area is 176 Å². The summed E-state index contributed by atoms with van der Waals surface area (Å²) in [6, 6.07) is 3.37. The zero-order valence-electron chi connectivity index (χ0n) is 14.7. The van der Waals surface area contributed by atoms with E-state index in [0.717, 1.165) is 18.8 Å². The van der Waals surface area contributed by atoms with Crippen LogP contribution in [0.2, 0.25) is 5.02 Å². The number of aliphatic imine (C=N–C) groups is 1. The van der Waals surface area contributed by atoms with Gasteiger partial charge in [0.15, 0.2) is 10.8 Å². The van der Waals surface area contributed by atoms with Crippen molar-refractivity contribution in [3.05, 3.63) is 62.5 Å². The van der Waals surface area contributed by atoms with Gasteiger partial charge in [0.05, 0.1) is 12.7 Å². The first-order chi connectivity index (χ1) is 13.1. The summed E-state index contributed by atoms with van der Waals surface area (Å²) in [5, 5.41) is 9.23. The van der Waals surface area contributed by atoms with Crippen molar-refractivity contribution in [1.29, 1.82) is 0 Å². The standard InChI is InChI=1S/C18H16ClFN4O2S.ClH/c1-26-18(25)13-14(9-7-21-8-9)23-16(17-22-4-5-27-17)24-15(13)11-3-2-10(20)6-12(11)19;/h2-6,9,15,21H,7-8H2,1H3,(H,23,24);1H. The zero-order chi connectivity index (χ0) is 19.0. The molecule has 6 nitrogen and oxygen atoms in total. The highest BCUT2D eigenvalue weighted by atomic mass is 35.5. The van der Waals surface area contributed by atoms with Crippen LogP contribution in [0.1, 0.15) is 16.6 Å². The average Bonchev–Trinajstić information content (AvgIpc) is 3.14. The Morgan fingerprint density at radius 1 is 1.39 bits per heavy atom. The third-order valence-electron chi connectivity index (χ3n) is 4.56. The maximum Gasteiger partial charge on any atom is 0.338 e. The maximum atomic E-state index is 13.6. The molecule has 1 fully saturated rings. The molecule has 1 unspecified atom stereocenters. The molecule has 1 aromatic carbocycles. The quantitative estimate of drug-likeness (QED) is 0.711. The minimum Gasteiger partial charge on any atom is -0.466 e. The van der Waals surface area contributed by atoms with Gasteiger partial charge >= 0.3 is 5.97 Å². The maximum absolute atomic E-state index is 13.6. The van der Waals surface area contributed by atoms with Crippen molar-refractivity contribution < 1.29 is 13.9 Å². The van der Waals surface area contributed by atoms with Gasteiger partial charge in [0.2, 0.25) is 0 Å². The molecule has 2 aromatic rings. The molecule has 28 heavy (non-hydrogen) atoms. The van der Waals surface area contributed by atoms with Gasteiger partial charge in [-0.3, -0.25) is 4.99 Å². The number of nitrogens with zero attached hydrogens (tertiary/aromatic N) is 2. The number of carbonyl (C=O) groups is 1. The molecule has 2 aliphatic rings. The van der Waals surface area contributed by atoms with Crippen LogP contribution in [-0.4, -0.2) is 37.0 Å². The minimum absolute atomic E-state index is 0. The highest BCUT2D eigenvalue weighted by molar-refractivity contribution is 7.11. The van der Waals surface area contributed by atoms with E-state index in [-0.39, 0.29) is 23.3 Å². The summed E-state index contributed by atoms with van der Waals surface area (Å²) in [6.45, 7) is 1.47. The van der Waals surface area contributed by atoms with Crippen molar-refractivity contribution in [3.8, 4) is 0 Å². The number of nitrogens with one attached hydrogen (secondary N) is 2. The lowest BCUT2D eigenvalue weighted by molar-refractivity contribution is -0.136. The van der Waals surface area contributed by atoms with Gasteiger partial charge < -0.3 is 15.4 Å². The van der Waals surface area contributed by atoms with Crippen LogP contribution in [0.25, 0.3) is 0 Å². The van der Waals surface area contributed by atoms with Crippen LogP contribution in [0.15, 0.2) is 46.0 Å². The number of esters is 1. The molecule has 1 aromatic heterocycles. The molecule has 1 atom stereocenters. The van der Waals surface area contributed by atoms with Gasteiger partial charge in [0, 0.05) is 46.9 Å². The van der Waals surface area contributed by atoms with E-state index in [0.29, 0.717) is 22.0 Å². The molecule has 3 heterocycles. The molecule has 0 amide bonds. The van der Waals surface area contributed by atoms with Crippen molar-refractivity contribution in [2.24, 2.45) is 10.9 Å². The number of benzene rings is 1. The van der Waals surface area contributed by atoms with Gasteiger partial charge in [-0.05, 0) is 12.1 Å². The van der Waals surface area contributed by atoms with E-state index in [2.05, 4.69) is 15.6 Å². The van der Waals surface area contributed by atoms with Crippen LogP contribution < -0.4 is 10.6 Å². The SMILES string of the molecule is COC(=O)C1=C(C2CNC2)NC(c2nccs2)=NC1c1ccc(F)cc1Cl.Cl. The number of hydrogen-bond donors (Lipinski definition) is 2. The minimum atomic E-state index is -0.707. The molecule has 0 saturated carbocycles. The Bertz CT molecular complexity index is 945. The van der Waals surface area contributed by atoms with Crippen molar-refractivity contribution in [3.63, 3.8) is 0 Å². The third kappa shape index (κ3) is 3.77. The van der Waals surface area contributed by atoms with Crippen molar-refractivity contribution in [2.45, 2.75) is 6.04 Å². The van der Waals surface area contributed by atoms with E-state index >= 15 is 0 Å². The number of methoxy groups -OCH3 is 1.